The fourth-order valence-corrected chi connectivity index (χ4v) is 2.66. The fourth-order valence-electron chi connectivity index (χ4n) is 2.01. The van der Waals surface area contributed by atoms with Crippen molar-refractivity contribution in [3.8, 4) is 5.75 Å². The van der Waals surface area contributed by atoms with Crippen molar-refractivity contribution < 1.29 is 19.4 Å². The zero-order valence-corrected chi connectivity index (χ0v) is 15.0. The molecule has 0 aliphatic carbocycles. The lowest BCUT2D eigenvalue weighted by Gasteiger charge is -2.06. The lowest BCUT2D eigenvalue weighted by atomic mass is 10.2. The summed E-state index contributed by atoms with van der Waals surface area (Å²) in [6.45, 7) is 0. The minimum atomic E-state index is -1.06. The molecule has 134 valence electrons. The Hall–Kier alpha value is -2.99. The van der Waals surface area contributed by atoms with Gasteiger partial charge in [0.25, 0.3) is 0 Å². The van der Waals surface area contributed by atoms with Crippen LogP contribution in [-0.2, 0) is 9.59 Å². The first-order valence-corrected chi connectivity index (χ1v) is 8.80. The van der Waals surface area contributed by atoms with Crippen LogP contribution in [0.15, 0.2) is 71.7 Å². The van der Waals surface area contributed by atoms with Crippen molar-refractivity contribution in [3.63, 3.8) is 0 Å². The third-order valence-corrected chi connectivity index (χ3v) is 4.31. The van der Waals surface area contributed by atoms with Crippen LogP contribution in [0.4, 0.5) is 5.69 Å². The highest BCUT2D eigenvalue weighted by atomic mass is 32.2. The van der Waals surface area contributed by atoms with Crippen molar-refractivity contribution in [3.05, 3.63) is 77.2 Å². The molecule has 0 spiro atoms. The number of hydrogen-bond acceptors (Lipinski definition) is 4. The summed E-state index contributed by atoms with van der Waals surface area (Å²) in [5.41, 5.74) is 1.59. The Balaban J connectivity index is 1.90. The average molecular weight is 369 g/mol. The fraction of sp³-hybridized carbons (Fsp3) is 0.100. The predicted molar refractivity (Wildman–Crippen MR) is 105 cm³/mol. The van der Waals surface area contributed by atoms with E-state index >= 15 is 0 Å². The highest BCUT2D eigenvalue weighted by Gasteiger charge is 2.10. The highest BCUT2D eigenvalue weighted by Crippen LogP contribution is 2.18. The second kappa shape index (κ2) is 10.1. The Kier molecular flexibility index (Phi) is 7.51. The minimum absolute atomic E-state index is 0.00331. The number of amides is 1. The molecular weight excluding hydrogens is 350 g/mol. The Labute approximate surface area is 156 Å². The van der Waals surface area contributed by atoms with E-state index in [-0.39, 0.29) is 16.6 Å². The van der Waals surface area contributed by atoms with Crippen LogP contribution in [0.25, 0.3) is 6.08 Å². The average Bonchev–Trinajstić information content (AvgIpc) is 2.65. The molecule has 0 saturated carbocycles. The van der Waals surface area contributed by atoms with E-state index in [1.54, 1.807) is 43.5 Å². The Bertz CT molecular complexity index is 798. The maximum absolute atomic E-state index is 12.0. The van der Waals surface area contributed by atoms with E-state index in [0.717, 1.165) is 17.3 Å². The van der Waals surface area contributed by atoms with E-state index in [0.29, 0.717) is 11.4 Å². The van der Waals surface area contributed by atoms with Gasteiger partial charge in [0, 0.05) is 5.69 Å². The molecule has 26 heavy (non-hydrogen) atoms. The molecule has 0 radical (unpaired) electrons. The van der Waals surface area contributed by atoms with Crippen molar-refractivity contribution in [1.82, 2.24) is 0 Å². The second-order valence-electron chi connectivity index (χ2n) is 5.17. The maximum atomic E-state index is 12.0. The third kappa shape index (κ3) is 6.49. The maximum Gasteiger partial charge on any atom is 0.342 e. The van der Waals surface area contributed by atoms with Crippen molar-refractivity contribution >= 4 is 35.4 Å². The van der Waals surface area contributed by atoms with Crippen LogP contribution in [0.3, 0.4) is 0 Å². The zero-order valence-electron chi connectivity index (χ0n) is 14.2. The Morgan fingerprint density at radius 1 is 1.12 bits per heavy atom. The van der Waals surface area contributed by atoms with Crippen LogP contribution >= 0.6 is 11.8 Å². The van der Waals surface area contributed by atoms with Gasteiger partial charge in [0.05, 0.1) is 17.8 Å². The predicted octanol–water partition coefficient (Wildman–Crippen LogP) is 4.05. The van der Waals surface area contributed by atoms with Crippen LogP contribution < -0.4 is 10.1 Å². The lowest BCUT2D eigenvalue weighted by molar-refractivity contribution is -0.131. The number of thioether (sulfide) groups is 1. The molecule has 0 aliphatic heterocycles. The van der Waals surface area contributed by atoms with Gasteiger partial charge in [0.1, 0.15) is 5.75 Å². The van der Waals surface area contributed by atoms with Gasteiger partial charge in [-0.25, -0.2) is 4.79 Å². The van der Waals surface area contributed by atoms with E-state index in [9.17, 15) is 14.7 Å². The SMILES string of the molecule is COc1ccc(NC(=O)CS/C(=C/C=C/c2ccccc2)C(=O)O)cc1. The molecule has 2 rings (SSSR count). The normalized spacial score (nSPS) is 11.3. The molecule has 2 N–H and O–H groups in total. The van der Waals surface area contributed by atoms with Gasteiger partial charge >= 0.3 is 5.97 Å². The van der Waals surface area contributed by atoms with Gasteiger partial charge in [-0.05, 0) is 35.9 Å². The van der Waals surface area contributed by atoms with Gasteiger partial charge in [0.2, 0.25) is 5.91 Å². The van der Waals surface area contributed by atoms with Crippen LogP contribution in [0, 0.1) is 0 Å². The number of benzene rings is 2. The third-order valence-electron chi connectivity index (χ3n) is 3.28. The summed E-state index contributed by atoms with van der Waals surface area (Å²) in [6, 6.07) is 16.5. The number of nitrogens with one attached hydrogen (secondary N) is 1. The number of carboxylic acid groups (broad SMARTS) is 1. The van der Waals surface area contributed by atoms with Crippen molar-refractivity contribution in [2.24, 2.45) is 0 Å². The number of hydrogen-bond donors (Lipinski definition) is 2. The molecule has 0 saturated heterocycles. The first-order chi connectivity index (χ1) is 12.6. The van der Waals surface area contributed by atoms with E-state index < -0.39 is 5.97 Å². The van der Waals surface area contributed by atoms with E-state index in [1.165, 1.54) is 6.08 Å². The van der Waals surface area contributed by atoms with Gasteiger partial charge in [-0.1, -0.05) is 42.5 Å². The van der Waals surface area contributed by atoms with E-state index in [1.807, 2.05) is 30.3 Å². The highest BCUT2D eigenvalue weighted by molar-refractivity contribution is 8.04. The standard InChI is InChI=1S/C20H19NO4S/c1-25-17-12-10-16(11-13-17)21-19(22)14-26-18(20(23)24)9-5-8-15-6-3-2-4-7-15/h2-13H,14H2,1H3,(H,21,22)(H,23,24)/b8-5+,18-9+. The number of anilines is 1. The van der Waals surface area contributed by atoms with Crippen LogP contribution in [0.2, 0.25) is 0 Å². The van der Waals surface area contributed by atoms with Gasteiger partial charge in [-0.2, -0.15) is 0 Å². The van der Waals surface area contributed by atoms with Crippen molar-refractivity contribution in [2.45, 2.75) is 0 Å². The molecule has 5 nitrogen and oxygen atoms in total. The summed E-state index contributed by atoms with van der Waals surface area (Å²) in [5, 5.41) is 12.0. The molecule has 1 amide bonds. The molecule has 0 heterocycles. The topological polar surface area (TPSA) is 75.6 Å². The molecule has 0 aromatic heterocycles. The van der Waals surface area contributed by atoms with E-state index in [2.05, 4.69) is 5.32 Å². The molecule has 0 bridgehead atoms. The molecule has 0 unspecified atom stereocenters. The van der Waals surface area contributed by atoms with Crippen LogP contribution in [-0.4, -0.2) is 29.8 Å². The molecule has 0 aliphatic rings. The summed E-state index contributed by atoms with van der Waals surface area (Å²) < 4.78 is 5.05. The summed E-state index contributed by atoms with van der Waals surface area (Å²) in [6.07, 6.45) is 4.95. The molecular formula is C20H19NO4S. The van der Waals surface area contributed by atoms with Gasteiger partial charge in [-0.15, -0.1) is 11.8 Å². The smallest absolute Gasteiger partial charge is 0.342 e. The number of carboxylic acids is 1. The summed E-state index contributed by atoms with van der Waals surface area (Å²) in [4.78, 5) is 23.4. The minimum Gasteiger partial charge on any atom is -0.497 e. The second-order valence-corrected chi connectivity index (χ2v) is 6.19. The summed E-state index contributed by atoms with van der Waals surface area (Å²) >= 11 is 0.973. The zero-order chi connectivity index (χ0) is 18.8. The van der Waals surface area contributed by atoms with Crippen LogP contribution in [0.1, 0.15) is 5.56 Å². The molecule has 6 heteroatoms. The largest absolute Gasteiger partial charge is 0.497 e. The molecule has 2 aromatic carbocycles. The first kappa shape index (κ1) is 19.3. The number of aliphatic carboxylic acids is 1. The number of ether oxygens (including phenoxy) is 1. The van der Waals surface area contributed by atoms with Crippen LogP contribution in [0.5, 0.6) is 5.75 Å². The molecule has 2 aromatic rings. The number of carbonyl (C=O) groups is 2. The number of allylic oxidation sites excluding steroid dienone is 2. The number of carbonyl (C=O) groups excluding carboxylic acids is 1. The summed E-state index contributed by atoms with van der Waals surface area (Å²) in [7, 11) is 1.57. The van der Waals surface area contributed by atoms with Gasteiger partial charge in [0.15, 0.2) is 0 Å². The molecule has 0 atom stereocenters. The van der Waals surface area contributed by atoms with Gasteiger partial charge in [-0.3, -0.25) is 4.79 Å². The first-order valence-electron chi connectivity index (χ1n) is 7.82. The summed E-state index contributed by atoms with van der Waals surface area (Å²) in [5.74, 6) is -0.647. The lowest BCUT2D eigenvalue weighted by Crippen LogP contribution is -2.14. The monoisotopic (exact) mass is 369 g/mol. The molecule has 0 fully saturated rings. The van der Waals surface area contributed by atoms with Crippen molar-refractivity contribution in [1.29, 1.82) is 0 Å². The Morgan fingerprint density at radius 3 is 2.42 bits per heavy atom. The quantitative estimate of drug-likeness (QED) is 0.542. The number of methoxy groups -OCH3 is 1. The van der Waals surface area contributed by atoms with Crippen molar-refractivity contribution in [2.75, 3.05) is 18.2 Å². The van der Waals surface area contributed by atoms with Gasteiger partial charge < -0.3 is 15.2 Å². The number of rotatable bonds is 8. The van der Waals surface area contributed by atoms with E-state index in [4.69, 9.17) is 4.74 Å². The Morgan fingerprint density at radius 2 is 1.81 bits per heavy atom.